The maximum absolute atomic E-state index is 13.0. The molecule has 2 aromatic carbocycles. The first-order valence-electron chi connectivity index (χ1n) is 7.90. The lowest BCUT2D eigenvalue weighted by Gasteiger charge is -2.15. The van der Waals surface area contributed by atoms with E-state index >= 15 is 0 Å². The Morgan fingerprint density at radius 3 is 2.42 bits per heavy atom. The number of likely N-dealkylation sites (N-methyl/N-ethyl adjacent to an activating group) is 1. The van der Waals surface area contributed by atoms with Crippen LogP contribution in [0.2, 0.25) is 0 Å². The van der Waals surface area contributed by atoms with E-state index in [1.807, 2.05) is 13.0 Å². The van der Waals surface area contributed by atoms with E-state index in [0.29, 0.717) is 9.87 Å². The van der Waals surface area contributed by atoms with E-state index in [2.05, 4.69) is 0 Å². The fourth-order valence-corrected chi connectivity index (χ4v) is 4.81. The Balaban J connectivity index is 2.13. The van der Waals surface area contributed by atoms with Gasteiger partial charge in [0.15, 0.2) is 11.0 Å². The summed E-state index contributed by atoms with van der Waals surface area (Å²) >= 11 is 0. The Labute approximate surface area is 151 Å². The number of amides is 1. The first-order valence-corrected chi connectivity index (χ1v) is 9.40. The van der Waals surface area contributed by atoms with Crippen LogP contribution in [0.5, 0.6) is 0 Å². The fraction of sp³-hybridized carbons (Fsp3) is 0.211. The largest absolute Gasteiger partial charge is 0.293 e. The Morgan fingerprint density at radius 1 is 1.15 bits per heavy atom. The lowest BCUT2D eigenvalue weighted by Crippen LogP contribution is -2.33. The molecule has 6 nitrogen and oxygen atoms in total. The van der Waals surface area contributed by atoms with Crippen molar-refractivity contribution in [1.29, 1.82) is 5.26 Å². The molecule has 0 unspecified atom stereocenters. The quantitative estimate of drug-likeness (QED) is 0.772. The highest BCUT2D eigenvalue weighted by molar-refractivity contribution is 7.91. The molecule has 1 fully saturated rings. The predicted molar refractivity (Wildman–Crippen MR) is 94.9 cm³/mol. The highest BCUT2D eigenvalue weighted by Gasteiger charge is 2.55. The zero-order valence-corrected chi connectivity index (χ0v) is 15.0. The molecule has 1 aliphatic rings. The third-order valence-corrected chi connectivity index (χ3v) is 6.62. The highest BCUT2D eigenvalue weighted by atomic mass is 32.2. The van der Waals surface area contributed by atoms with Crippen LogP contribution >= 0.6 is 0 Å². The molecule has 7 heteroatoms. The van der Waals surface area contributed by atoms with Crippen molar-refractivity contribution in [3.8, 4) is 6.07 Å². The summed E-state index contributed by atoms with van der Waals surface area (Å²) in [7, 11) is -2.97. The molecule has 0 N–H and O–H groups in total. The van der Waals surface area contributed by atoms with E-state index in [1.54, 1.807) is 24.3 Å². The Kier molecular flexibility index (Phi) is 4.38. The number of nitrogens with zero attached hydrogens (tertiary/aromatic N) is 2. The number of Topliss-reactive ketones (excluding diaryl/α,β-unsaturated/α-hetero) is 1. The molecule has 0 aromatic heterocycles. The molecule has 2 aromatic rings. The number of ketones is 1. The second-order valence-corrected chi connectivity index (χ2v) is 8.30. The summed E-state index contributed by atoms with van der Waals surface area (Å²) in [5.41, 5.74) is 1.78. The minimum atomic E-state index is -4.14. The van der Waals surface area contributed by atoms with Gasteiger partial charge in [0.05, 0.1) is 17.6 Å². The number of rotatable bonds is 3. The highest BCUT2D eigenvalue weighted by Crippen LogP contribution is 2.37. The summed E-state index contributed by atoms with van der Waals surface area (Å²) in [6.07, 6.45) is 0. The van der Waals surface area contributed by atoms with Crippen LogP contribution in [-0.2, 0) is 14.8 Å². The summed E-state index contributed by atoms with van der Waals surface area (Å²) in [6.45, 7) is 1.87. The molecule has 0 radical (unpaired) electrons. The maximum atomic E-state index is 13.0. The van der Waals surface area contributed by atoms with Crippen molar-refractivity contribution in [2.24, 2.45) is 0 Å². The molecule has 2 atom stereocenters. The number of sulfonamides is 1. The zero-order valence-electron chi connectivity index (χ0n) is 14.2. The van der Waals surface area contributed by atoms with E-state index < -0.39 is 32.9 Å². The van der Waals surface area contributed by atoms with E-state index in [9.17, 15) is 18.0 Å². The Morgan fingerprint density at radius 2 is 1.81 bits per heavy atom. The van der Waals surface area contributed by atoms with Crippen molar-refractivity contribution in [3.05, 3.63) is 70.8 Å². The molecule has 1 heterocycles. The third-order valence-electron chi connectivity index (χ3n) is 4.55. The van der Waals surface area contributed by atoms with Crippen LogP contribution in [0.3, 0.4) is 0 Å². The lowest BCUT2D eigenvalue weighted by molar-refractivity contribution is -0.125. The van der Waals surface area contributed by atoms with Crippen LogP contribution in [0.15, 0.2) is 48.5 Å². The molecule has 26 heavy (non-hydrogen) atoms. The van der Waals surface area contributed by atoms with Crippen molar-refractivity contribution in [3.63, 3.8) is 0 Å². The predicted octanol–water partition coefficient (Wildman–Crippen LogP) is 2.00. The van der Waals surface area contributed by atoms with Gasteiger partial charge in [0.1, 0.15) is 0 Å². The molecular formula is C19H16N2O4S. The average Bonchev–Trinajstić information content (AvgIpc) is 2.82. The van der Waals surface area contributed by atoms with Gasteiger partial charge in [-0.15, -0.1) is 0 Å². The summed E-state index contributed by atoms with van der Waals surface area (Å²) in [5.74, 6) is -2.43. The Hall–Kier alpha value is -2.98. The number of carbonyl (C=O) groups excluding carboxylic acids is 2. The molecule has 132 valence electrons. The molecule has 0 saturated carbocycles. The van der Waals surface area contributed by atoms with Gasteiger partial charge in [-0.2, -0.15) is 5.26 Å². The van der Waals surface area contributed by atoms with Crippen LogP contribution in [0, 0.1) is 18.3 Å². The molecule has 3 rings (SSSR count). The smallest absolute Gasteiger partial charge is 0.248 e. The van der Waals surface area contributed by atoms with Gasteiger partial charge in [0, 0.05) is 12.6 Å². The number of benzene rings is 2. The molecule has 0 bridgehead atoms. The van der Waals surface area contributed by atoms with Gasteiger partial charge in [-0.25, -0.2) is 12.7 Å². The van der Waals surface area contributed by atoms with Gasteiger partial charge < -0.3 is 0 Å². The van der Waals surface area contributed by atoms with Gasteiger partial charge in [-0.05, 0) is 24.6 Å². The standard InChI is InChI=1S/C19H16N2O4S/c1-12-6-8-14(9-7-12)16-18(26(24,25)21(2)19(16)23)17(22)15-5-3-4-13(10-15)11-20/h3-10,16,18H,1-2H3/t16-,18+/m0/s1. The molecule has 1 aliphatic heterocycles. The summed E-state index contributed by atoms with van der Waals surface area (Å²) < 4.78 is 26.1. The van der Waals surface area contributed by atoms with Crippen LogP contribution in [0.4, 0.5) is 0 Å². The fourth-order valence-electron chi connectivity index (χ4n) is 3.08. The normalized spacial score (nSPS) is 21.4. The monoisotopic (exact) mass is 368 g/mol. The number of carbonyl (C=O) groups is 2. The van der Waals surface area contributed by atoms with Crippen LogP contribution in [0.25, 0.3) is 0 Å². The minimum absolute atomic E-state index is 0.0952. The van der Waals surface area contributed by atoms with Gasteiger partial charge in [0.25, 0.3) is 0 Å². The van der Waals surface area contributed by atoms with E-state index in [0.717, 1.165) is 12.6 Å². The van der Waals surface area contributed by atoms with Crippen molar-refractivity contribution in [1.82, 2.24) is 4.31 Å². The molecule has 0 spiro atoms. The average molecular weight is 368 g/mol. The van der Waals surface area contributed by atoms with Gasteiger partial charge >= 0.3 is 0 Å². The number of hydrogen-bond acceptors (Lipinski definition) is 5. The second-order valence-electron chi connectivity index (χ2n) is 6.22. The van der Waals surface area contributed by atoms with Crippen LogP contribution < -0.4 is 0 Å². The lowest BCUT2D eigenvalue weighted by atomic mass is 9.89. The van der Waals surface area contributed by atoms with Crippen molar-refractivity contribution in [2.75, 3.05) is 7.05 Å². The maximum Gasteiger partial charge on any atom is 0.248 e. The number of nitriles is 1. The number of hydrogen-bond donors (Lipinski definition) is 0. The van der Waals surface area contributed by atoms with E-state index in [-0.39, 0.29) is 11.1 Å². The van der Waals surface area contributed by atoms with Crippen molar-refractivity contribution >= 4 is 21.7 Å². The van der Waals surface area contributed by atoms with Crippen molar-refractivity contribution in [2.45, 2.75) is 18.1 Å². The van der Waals surface area contributed by atoms with Gasteiger partial charge in [0.2, 0.25) is 15.9 Å². The molecule has 1 amide bonds. The molecule has 1 saturated heterocycles. The first-order chi connectivity index (χ1) is 12.3. The van der Waals surface area contributed by atoms with Crippen LogP contribution in [0.1, 0.15) is 33.0 Å². The SMILES string of the molecule is Cc1ccc([C@@H]2C(=O)N(C)S(=O)(=O)[C@H]2C(=O)c2cccc(C#N)c2)cc1. The summed E-state index contributed by atoms with van der Waals surface area (Å²) in [4.78, 5) is 25.6. The van der Waals surface area contributed by atoms with Crippen molar-refractivity contribution < 1.29 is 18.0 Å². The summed E-state index contributed by atoms with van der Waals surface area (Å²) in [5, 5.41) is 7.47. The second kappa shape index (κ2) is 6.39. The van der Waals surface area contributed by atoms with Gasteiger partial charge in [-0.3, -0.25) is 9.59 Å². The molecular weight excluding hydrogens is 352 g/mol. The third kappa shape index (κ3) is 2.78. The van der Waals surface area contributed by atoms with Gasteiger partial charge in [-0.1, -0.05) is 42.0 Å². The zero-order chi connectivity index (χ0) is 19.1. The van der Waals surface area contributed by atoms with E-state index in [4.69, 9.17) is 5.26 Å². The first kappa shape index (κ1) is 17.8. The molecule has 0 aliphatic carbocycles. The minimum Gasteiger partial charge on any atom is -0.293 e. The van der Waals surface area contributed by atoms with E-state index in [1.165, 1.54) is 24.3 Å². The Bertz CT molecular complexity index is 1040. The summed E-state index contributed by atoms with van der Waals surface area (Å²) in [6, 6.07) is 14.6. The number of aryl methyl sites for hydroxylation is 1. The van der Waals surface area contributed by atoms with Crippen LogP contribution in [-0.4, -0.2) is 36.7 Å². The topological polar surface area (TPSA) is 95.3 Å².